The number of carbonyl (C=O) groups is 10. The Morgan fingerprint density at radius 1 is 0.867 bits per heavy atom. The van der Waals surface area contributed by atoms with E-state index >= 15 is 0 Å². The molecule has 23 nitrogen and oxygen atoms in total. The Morgan fingerprint density at radius 3 is 2.13 bits per heavy atom. The van der Waals surface area contributed by atoms with Gasteiger partial charge in [0.05, 0.1) is 0 Å². The second kappa shape index (κ2) is 31.3. The van der Waals surface area contributed by atoms with Crippen LogP contribution in [0, 0.1) is 11.8 Å². The van der Waals surface area contributed by atoms with Gasteiger partial charge in [-0.05, 0) is 56.7 Å². The van der Waals surface area contributed by atoms with Crippen LogP contribution in [0.4, 0.5) is 0 Å². The van der Waals surface area contributed by atoms with Crippen LogP contribution < -0.4 is 21.7 Å². The van der Waals surface area contributed by atoms with Crippen LogP contribution in [0.15, 0.2) is 63.8 Å². The predicted molar refractivity (Wildman–Crippen MR) is 314 cm³/mol. The molecule has 3 aliphatic heterocycles. The van der Waals surface area contributed by atoms with Crippen molar-refractivity contribution in [1.82, 2.24) is 55.3 Å². The van der Waals surface area contributed by atoms with E-state index in [1.165, 1.54) is 59.5 Å². The highest BCUT2D eigenvalue weighted by Gasteiger charge is 2.42. The molecule has 83 heavy (non-hydrogen) atoms. The first-order valence-corrected chi connectivity index (χ1v) is 31.0. The monoisotopic (exact) mass is 1200 g/mol. The summed E-state index contributed by atoms with van der Waals surface area (Å²) in [6, 6.07) is 4.16. The first-order valence-electron chi connectivity index (χ1n) is 28.3. The Labute approximate surface area is 497 Å². The van der Waals surface area contributed by atoms with Gasteiger partial charge in [0, 0.05) is 120 Å². The zero-order valence-electron chi connectivity index (χ0n) is 48.7. The number of rotatable bonds is 31. The molecule has 2 aromatic heterocycles. The van der Waals surface area contributed by atoms with E-state index in [4.69, 9.17) is 10.5 Å². The standard InChI is InChI=1S/C57H80N12O11S3/c1-9-36(4)49(63-51(75)43-32-64(43)6)56(79)65(7)42(35(2)3)31-45(80-37(5)70)53-62-41(33-82-53)54(77)66(8)44(34-83-57-59-23-29-81-57)52(76)60-39(18-13-14-22-58)50(74)61-40(30-38-16-11-10-12-17-38)55(78)68-27-25-67(26-28-68)46(71)19-15-24-69-47(72)20-21-48(69)73/h10-12,16-17,20-21,23,29,33,35-36,39-40,42-45,49H,9,13-15,18-19,22,24-28,30-32,34,58H2,1-8H3,(H,60,76)(H,61,74)(H,63,75)/t36-,39+,40-,42+,43+,44-,45+,49-,64?/m0/s1. The first kappa shape index (κ1) is 65.5. The van der Waals surface area contributed by atoms with E-state index in [1.54, 1.807) is 33.3 Å². The largest absolute Gasteiger partial charge is 0.455 e. The van der Waals surface area contributed by atoms with Gasteiger partial charge in [-0.3, -0.25) is 57.7 Å². The fourth-order valence-electron chi connectivity index (χ4n) is 9.92. The van der Waals surface area contributed by atoms with Crippen molar-refractivity contribution >= 4 is 93.6 Å². The van der Waals surface area contributed by atoms with E-state index in [0.29, 0.717) is 43.1 Å². The van der Waals surface area contributed by atoms with Crippen LogP contribution in [0.5, 0.6) is 0 Å². The smallest absolute Gasteiger partial charge is 0.303 e. The number of imide groups is 1. The van der Waals surface area contributed by atoms with Gasteiger partial charge in [-0.15, -0.1) is 22.7 Å². The first-order chi connectivity index (χ1) is 39.6. The molecule has 0 radical (unpaired) electrons. The summed E-state index contributed by atoms with van der Waals surface area (Å²) >= 11 is 3.69. The number of amides is 9. The maximum atomic E-state index is 14.8. The SMILES string of the molecule is CC[C@H](C)[C@H](NC(=O)[C@H]1CN1C)C(=O)N(C)[C@H](C[C@@H](OC(C)=O)c1nc(C(=O)N(C)[C@@H](CSc2nccs2)C(=O)N[C@H](CCCCN)C(=O)N[C@@H](Cc2ccccc2)C(=O)N2CCN(C(=O)CCCN3C(=O)C=CC3=O)CC2)cs1)C(C)C. The van der Waals surface area contributed by atoms with Crippen molar-refractivity contribution in [3.8, 4) is 0 Å². The van der Waals surface area contributed by atoms with Crippen molar-refractivity contribution in [2.45, 2.75) is 133 Å². The van der Waals surface area contributed by atoms with Gasteiger partial charge in [-0.2, -0.15) is 0 Å². The highest BCUT2D eigenvalue weighted by Crippen LogP contribution is 2.32. The molecule has 9 atom stereocenters. The van der Waals surface area contributed by atoms with Crippen LogP contribution in [0.2, 0.25) is 0 Å². The minimum atomic E-state index is -1.19. The normalized spacial score (nSPS) is 18.4. The molecule has 5 N–H and O–H groups in total. The van der Waals surface area contributed by atoms with E-state index in [0.717, 1.165) is 21.8 Å². The van der Waals surface area contributed by atoms with E-state index in [9.17, 15) is 47.9 Å². The van der Waals surface area contributed by atoms with Crippen LogP contribution in [-0.2, 0) is 54.3 Å². The number of nitrogens with two attached hydrogens (primary N) is 1. The summed E-state index contributed by atoms with van der Waals surface area (Å²) in [6.45, 7) is 10.9. The number of nitrogens with zero attached hydrogens (tertiary/aromatic N) is 8. The molecule has 452 valence electrons. The summed E-state index contributed by atoms with van der Waals surface area (Å²) < 4.78 is 6.50. The average Bonchev–Trinajstić information content (AvgIpc) is 3.96. The van der Waals surface area contributed by atoms with Gasteiger partial charge < -0.3 is 46.0 Å². The third-order valence-electron chi connectivity index (χ3n) is 15.3. The molecule has 2 saturated heterocycles. The Bertz CT molecular complexity index is 2760. The molecule has 5 heterocycles. The molecule has 26 heteroatoms. The van der Waals surface area contributed by atoms with Crippen molar-refractivity contribution in [2.24, 2.45) is 17.6 Å². The maximum absolute atomic E-state index is 14.8. The Morgan fingerprint density at radius 2 is 1.53 bits per heavy atom. The maximum Gasteiger partial charge on any atom is 0.303 e. The number of carbonyl (C=O) groups excluding carboxylic acids is 10. The summed E-state index contributed by atoms with van der Waals surface area (Å²) in [6.07, 6.45) is 5.45. The molecule has 3 aliphatic rings. The Balaban J connectivity index is 1.17. The highest BCUT2D eigenvalue weighted by molar-refractivity contribution is 8.01. The lowest BCUT2D eigenvalue weighted by molar-refractivity contribution is -0.149. The predicted octanol–water partition coefficient (Wildman–Crippen LogP) is 2.87. The summed E-state index contributed by atoms with van der Waals surface area (Å²) in [5.41, 5.74) is 6.63. The second-order valence-electron chi connectivity index (χ2n) is 21.6. The average molecular weight is 1210 g/mol. The van der Waals surface area contributed by atoms with E-state index in [2.05, 4.69) is 25.9 Å². The van der Waals surface area contributed by atoms with Crippen molar-refractivity contribution in [2.75, 3.05) is 72.7 Å². The summed E-state index contributed by atoms with van der Waals surface area (Å²) in [5, 5.41) is 12.4. The molecular formula is C57H80N12O11S3. The van der Waals surface area contributed by atoms with Gasteiger partial charge >= 0.3 is 5.97 Å². The second-order valence-corrected chi connectivity index (χ2v) is 24.7. The molecule has 0 aliphatic carbocycles. The third kappa shape index (κ3) is 18.4. The lowest BCUT2D eigenvalue weighted by Gasteiger charge is -2.37. The molecular weight excluding hydrogens is 1120 g/mol. The number of thiazole rings is 2. The van der Waals surface area contributed by atoms with E-state index < -0.39 is 71.8 Å². The van der Waals surface area contributed by atoms with Crippen LogP contribution in [-0.4, -0.2) is 207 Å². The van der Waals surface area contributed by atoms with Crippen LogP contribution in [0.1, 0.15) is 107 Å². The van der Waals surface area contributed by atoms with Crippen molar-refractivity contribution in [1.29, 1.82) is 0 Å². The van der Waals surface area contributed by atoms with Gasteiger partial charge in [-0.1, -0.05) is 76.2 Å². The summed E-state index contributed by atoms with van der Waals surface area (Å²) in [4.78, 5) is 154. The number of thioether (sulfide) groups is 1. The zero-order chi connectivity index (χ0) is 60.5. The quantitative estimate of drug-likeness (QED) is 0.0237. The Kier molecular flexibility index (Phi) is 24.7. The van der Waals surface area contributed by atoms with Gasteiger partial charge in [-0.25, -0.2) is 9.97 Å². The van der Waals surface area contributed by atoms with E-state index in [-0.39, 0.29) is 116 Å². The minimum absolute atomic E-state index is 0.0244. The third-order valence-corrected chi connectivity index (χ3v) is 18.3. The van der Waals surface area contributed by atoms with Crippen molar-refractivity contribution in [3.63, 3.8) is 0 Å². The molecule has 0 bridgehead atoms. The van der Waals surface area contributed by atoms with Crippen LogP contribution in [0.3, 0.4) is 0 Å². The fourth-order valence-corrected chi connectivity index (χ4v) is 12.6. The number of piperazine rings is 1. The topological polar surface area (TPSA) is 287 Å². The summed E-state index contributed by atoms with van der Waals surface area (Å²) in [5.74, 6) is -4.68. The number of hydrogen-bond acceptors (Lipinski definition) is 18. The number of aromatic nitrogens is 2. The number of esters is 1. The zero-order valence-corrected chi connectivity index (χ0v) is 51.1. The van der Waals surface area contributed by atoms with Crippen molar-refractivity contribution in [3.05, 3.63) is 75.7 Å². The number of ether oxygens (including phenoxy) is 1. The number of benzene rings is 1. The molecule has 1 unspecified atom stereocenters. The van der Waals surface area contributed by atoms with E-state index in [1.807, 2.05) is 70.0 Å². The fraction of sp³-hybridized carbons (Fsp3) is 0.579. The van der Waals surface area contributed by atoms with Crippen LogP contribution >= 0.6 is 34.4 Å². The molecule has 0 saturated carbocycles. The van der Waals surface area contributed by atoms with Gasteiger partial charge in [0.2, 0.25) is 35.4 Å². The minimum Gasteiger partial charge on any atom is -0.455 e. The number of hydrogen-bond donors (Lipinski definition) is 4. The van der Waals surface area contributed by atoms with Gasteiger partial charge in [0.25, 0.3) is 17.7 Å². The number of unbranched alkanes of at least 4 members (excludes halogenated alkanes) is 1. The lowest BCUT2D eigenvalue weighted by atomic mass is 9.93. The molecule has 2 fully saturated rings. The molecule has 9 amide bonds. The number of likely N-dealkylation sites (N-methyl/N-ethyl adjacent to an activating group) is 3. The number of nitrogens with one attached hydrogen (secondary N) is 3. The van der Waals surface area contributed by atoms with Gasteiger partial charge in [0.15, 0.2) is 6.10 Å². The van der Waals surface area contributed by atoms with Crippen LogP contribution in [0.25, 0.3) is 0 Å². The molecule has 3 aromatic rings. The Hall–Kier alpha value is -6.61. The molecule has 1 aromatic carbocycles. The summed E-state index contributed by atoms with van der Waals surface area (Å²) in [7, 11) is 4.97. The highest BCUT2D eigenvalue weighted by atomic mass is 32.2. The van der Waals surface area contributed by atoms with Crippen molar-refractivity contribution < 1.29 is 52.7 Å². The molecule has 6 rings (SSSR count). The lowest BCUT2D eigenvalue weighted by Crippen LogP contribution is -2.59. The van der Waals surface area contributed by atoms with Gasteiger partial charge in [0.1, 0.15) is 45.3 Å². The molecule has 0 spiro atoms.